The van der Waals surface area contributed by atoms with Gasteiger partial charge in [0.05, 0.1) is 19.4 Å². The van der Waals surface area contributed by atoms with Gasteiger partial charge >= 0.3 is 0 Å². The fourth-order valence-electron chi connectivity index (χ4n) is 1.84. The highest BCUT2D eigenvalue weighted by Crippen LogP contribution is 2.20. The molecule has 21 heavy (non-hydrogen) atoms. The topological polar surface area (TPSA) is 84.6 Å². The van der Waals surface area contributed by atoms with Crippen LogP contribution in [0, 0.1) is 0 Å². The van der Waals surface area contributed by atoms with Crippen LogP contribution in [-0.2, 0) is 5.60 Å². The van der Waals surface area contributed by atoms with Gasteiger partial charge in [0.1, 0.15) is 16.9 Å². The van der Waals surface area contributed by atoms with Crippen molar-refractivity contribution in [2.24, 2.45) is 0 Å². The molecule has 0 fully saturated rings. The molecule has 1 unspecified atom stereocenters. The van der Waals surface area contributed by atoms with Crippen molar-refractivity contribution < 1.29 is 19.1 Å². The van der Waals surface area contributed by atoms with Gasteiger partial charge in [-0.05, 0) is 38.1 Å². The second kappa shape index (κ2) is 6.41. The number of nitrogens with zero attached hydrogens (tertiary/aromatic N) is 1. The fraction of sp³-hybridized carbons (Fsp3) is 0.333. The van der Waals surface area contributed by atoms with E-state index in [9.17, 15) is 9.90 Å². The summed E-state index contributed by atoms with van der Waals surface area (Å²) in [6, 6.07) is 6.61. The van der Waals surface area contributed by atoms with E-state index in [1.54, 1.807) is 37.4 Å². The first kappa shape index (κ1) is 15.1. The molecule has 6 nitrogen and oxygen atoms in total. The first-order valence-corrected chi connectivity index (χ1v) is 6.67. The van der Waals surface area contributed by atoms with Crippen LogP contribution in [0.15, 0.2) is 41.1 Å². The van der Waals surface area contributed by atoms with E-state index in [0.717, 1.165) is 0 Å². The van der Waals surface area contributed by atoms with E-state index in [1.165, 1.54) is 6.26 Å². The molecule has 0 aromatic carbocycles. The summed E-state index contributed by atoms with van der Waals surface area (Å²) in [6.07, 6.45) is 3.03. The van der Waals surface area contributed by atoms with E-state index in [1.807, 2.05) is 6.92 Å². The molecule has 0 aliphatic rings. The van der Waals surface area contributed by atoms with Crippen molar-refractivity contribution in [2.75, 3.05) is 13.2 Å². The number of carbonyl (C=O) groups excluding carboxylic acids is 1. The summed E-state index contributed by atoms with van der Waals surface area (Å²) in [6.45, 7) is 3.82. The minimum atomic E-state index is -1.28. The molecule has 2 rings (SSSR count). The third-order valence-corrected chi connectivity index (χ3v) is 2.94. The Labute approximate surface area is 122 Å². The van der Waals surface area contributed by atoms with Crippen LogP contribution in [0.5, 0.6) is 5.88 Å². The number of hydrogen-bond acceptors (Lipinski definition) is 5. The monoisotopic (exact) mass is 290 g/mol. The molecule has 112 valence electrons. The summed E-state index contributed by atoms with van der Waals surface area (Å²) in [5.74, 6) is 0.299. The van der Waals surface area contributed by atoms with Crippen LogP contribution >= 0.6 is 0 Å². The van der Waals surface area contributed by atoms with Gasteiger partial charge in [-0.25, -0.2) is 4.98 Å². The highest BCUT2D eigenvalue weighted by Gasteiger charge is 2.27. The normalized spacial score (nSPS) is 13.5. The number of carbonyl (C=O) groups is 1. The molecule has 6 heteroatoms. The zero-order chi connectivity index (χ0) is 15.3. The lowest BCUT2D eigenvalue weighted by molar-refractivity contribution is 0.0329. The van der Waals surface area contributed by atoms with E-state index in [-0.39, 0.29) is 18.3 Å². The van der Waals surface area contributed by atoms with Crippen molar-refractivity contribution in [1.82, 2.24) is 10.3 Å². The SMILES string of the molecule is CCOc1ncccc1C(=O)NCC(C)(O)c1ccco1. The fourth-order valence-corrected chi connectivity index (χ4v) is 1.84. The molecule has 2 heterocycles. The summed E-state index contributed by atoms with van der Waals surface area (Å²) in [5, 5.41) is 12.9. The van der Waals surface area contributed by atoms with Crippen molar-refractivity contribution in [3.05, 3.63) is 48.0 Å². The van der Waals surface area contributed by atoms with Gasteiger partial charge in [0.25, 0.3) is 5.91 Å². The van der Waals surface area contributed by atoms with Crippen molar-refractivity contribution in [2.45, 2.75) is 19.4 Å². The maximum atomic E-state index is 12.2. The van der Waals surface area contributed by atoms with Gasteiger partial charge in [0.2, 0.25) is 5.88 Å². The maximum absolute atomic E-state index is 12.2. The molecule has 2 aromatic rings. The Morgan fingerprint density at radius 2 is 2.29 bits per heavy atom. The van der Waals surface area contributed by atoms with Gasteiger partial charge in [-0.15, -0.1) is 0 Å². The van der Waals surface area contributed by atoms with E-state index in [2.05, 4.69) is 10.3 Å². The largest absolute Gasteiger partial charge is 0.477 e. The van der Waals surface area contributed by atoms with Crippen molar-refractivity contribution >= 4 is 5.91 Å². The van der Waals surface area contributed by atoms with Gasteiger partial charge in [-0.1, -0.05) is 0 Å². The Morgan fingerprint density at radius 3 is 2.95 bits per heavy atom. The van der Waals surface area contributed by atoms with Crippen LogP contribution in [-0.4, -0.2) is 29.1 Å². The molecule has 2 aromatic heterocycles. The van der Waals surface area contributed by atoms with E-state index in [4.69, 9.17) is 9.15 Å². The number of aromatic nitrogens is 1. The smallest absolute Gasteiger partial charge is 0.256 e. The first-order valence-electron chi connectivity index (χ1n) is 6.67. The lowest BCUT2D eigenvalue weighted by Crippen LogP contribution is -2.38. The van der Waals surface area contributed by atoms with Crippen LogP contribution in [0.1, 0.15) is 30.0 Å². The van der Waals surface area contributed by atoms with Crippen LogP contribution in [0.2, 0.25) is 0 Å². The molecular formula is C15H18N2O4. The molecule has 1 amide bonds. The van der Waals surface area contributed by atoms with Crippen LogP contribution in [0.3, 0.4) is 0 Å². The second-order valence-corrected chi connectivity index (χ2v) is 4.72. The minimum Gasteiger partial charge on any atom is -0.477 e. The quantitative estimate of drug-likeness (QED) is 0.846. The highest BCUT2D eigenvalue weighted by atomic mass is 16.5. The number of aliphatic hydroxyl groups is 1. The Bertz CT molecular complexity index is 593. The molecule has 0 radical (unpaired) electrons. The molecular weight excluding hydrogens is 272 g/mol. The number of rotatable bonds is 6. The van der Waals surface area contributed by atoms with E-state index >= 15 is 0 Å². The molecule has 2 N–H and O–H groups in total. The van der Waals surface area contributed by atoms with Crippen molar-refractivity contribution in [3.63, 3.8) is 0 Å². The minimum absolute atomic E-state index is 0.0137. The molecule has 0 aliphatic heterocycles. The number of nitrogens with one attached hydrogen (secondary N) is 1. The van der Waals surface area contributed by atoms with Gasteiger partial charge in [-0.3, -0.25) is 4.79 Å². The predicted octanol–water partition coefficient (Wildman–Crippen LogP) is 1.71. The molecule has 0 saturated carbocycles. The Balaban J connectivity index is 2.05. The molecule has 1 atom stereocenters. The second-order valence-electron chi connectivity index (χ2n) is 4.72. The lowest BCUT2D eigenvalue weighted by atomic mass is 10.0. The van der Waals surface area contributed by atoms with Gasteiger partial charge < -0.3 is 19.6 Å². The number of pyridine rings is 1. The Kier molecular flexibility index (Phi) is 4.59. The lowest BCUT2D eigenvalue weighted by Gasteiger charge is -2.21. The molecule has 0 aliphatic carbocycles. The van der Waals surface area contributed by atoms with Crippen LogP contribution in [0.4, 0.5) is 0 Å². The maximum Gasteiger partial charge on any atom is 0.256 e. The van der Waals surface area contributed by atoms with Crippen molar-refractivity contribution in [1.29, 1.82) is 0 Å². The van der Waals surface area contributed by atoms with Gasteiger partial charge in [0, 0.05) is 6.20 Å². The summed E-state index contributed by atoms with van der Waals surface area (Å²) < 4.78 is 10.5. The zero-order valence-corrected chi connectivity index (χ0v) is 12.0. The average Bonchev–Trinajstić information content (AvgIpc) is 3.01. The zero-order valence-electron chi connectivity index (χ0n) is 12.0. The standard InChI is InChI=1S/C15H18N2O4/c1-3-20-14-11(6-4-8-16-14)13(18)17-10-15(2,19)12-7-5-9-21-12/h4-9,19H,3,10H2,1-2H3,(H,17,18). The number of ether oxygens (including phenoxy) is 1. The van der Waals surface area contributed by atoms with E-state index < -0.39 is 5.60 Å². The van der Waals surface area contributed by atoms with Crippen molar-refractivity contribution in [3.8, 4) is 5.88 Å². The third-order valence-electron chi connectivity index (χ3n) is 2.94. The number of hydrogen-bond donors (Lipinski definition) is 2. The summed E-state index contributed by atoms with van der Waals surface area (Å²) >= 11 is 0. The van der Waals surface area contributed by atoms with Gasteiger partial charge in [-0.2, -0.15) is 0 Å². The van der Waals surface area contributed by atoms with Crippen LogP contribution in [0.25, 0.3) is 0 Å². The molecule has 0 spiro atoms. The molecule has 0 saturated heterocycles. The summed E-state index contributed by atoms with van der Waals surface area (Å²) in [4.78, 5) is 16.2. The Hall–Kier alpha value is -2.34. The number of amides is 1. The predicted molar refractivity (Wildman–Crippen MR) is 76.0 cm³/mol. The first-order chi connectivity index (χ1) is 10.0. The van der Waals surface area contributed by atoms with E-state index in [0.29, 0.717) is 17.9 Å². The molecule has 0 bridgehead atoms. The Morgan fingerprint density at radius 1 is 1.48 bits per heavy atom. The van der Waals surface area contributed by atoms with Gasteiger partial charge in [0.15, 0.2) is 0 Å². The third kappa shape index (κ3) is 3.61. The number of furan rings is 1. The highest BCUT2D eigenvalue weighted by molar-refractivity contribution is 5.96. The summed E-state index contributed by atoms with van der Waals surface area (Å²) in [5.41, 5.74) is -0.956. The summed E-state index contributed by atoms with van der Waals surface area (Å²) in [7, 11) is 0. The average molecular weight is 290 g/mol. The van der Waals surface area contributed by atoms with Crippen LogP contribution < -0.4 is 10.1 Å².